The van der Waals surface area contributed by atoms with Gasteiger partial charge in [-0.05, 0) is 19.1 Å². The van der Waals surface area contributed by atoms with Crippen LogP contribution in [0.15, 0.2) is 12.1 Å². The molecule has 14 heavy (non-hydrogen) atoms. The minimum atomic E-state index is 0.309. The molecule has 2 rings (SSSR count). The van der Waals surface area contributed by atoms with Crippen molar-refractivity contribution in [1.82, 2.24) is 14.6 Å². The topological polar surface area (TPSA) is 59.5 Å². The summed E-state index contributed by atoms with van der Waals surface area (Å²) in [6.45, 7) is 2.00. The van der Waals surface area contributed by atoms with Crippen LogP contribution in [0, 0.1) is 6.92 Å². The first kappa shape index (κ1) is 8.80. The highest BCUT2D eigenvalue weighted by molar-refractivity contribution is 5.56. The molecule has 5 heteroatoms. The molecule has 0 saturated carbocycles. The Hall–Kier alpha value is -1.78. The number of fused-ring (bicyclic) bond motifs is 1. The summed E-state index contributed by atoms with van der Waals surface area (Å²) in [6.07, 6.45) is 0. The van der Waals surface area contributed by atoms with Gasteiger partial charge in [-0.2, -0.15) is 4.98 Å². The smallest absolute Gasteiger partial charge is 0.240 e. The van der Waals surface area contributed by atoms with Crippen LogP contribution in [-0.4, -0.2) is 28.7 Å². The summed E-state index contributed by atoms with van der Waals surface area (Å²) in [7, 11) is 3.99. The highest BCUT2D eigenvalue weighted by Crippen LogP contribution is 2.18. The Kier molecular flexibility index (Phi) is 1.80. The van der Waals surface area contributed by atoms with Crippen LogP contribution in [-0.2, 0) is 0 Å². The molecule has 0 aromatic carbocycles. The predicted octanol–water partition coefficient (Wildman–Crippen LogP) is 0.686. The molecule has 2 aromatic heterocycles. The van der Waals surface area contributed by atoms with E-state index in [-0.39, 0.29) is 0 Å². The number of rotatable bonds is 1. The molecule has 2 heterocycles. The first-order chi connectivity index (χ1) is 6.59. The van der Waals surface area contributed by atoms with Gasteiger partial charge in [-0.3, -0.25) is 0 Å². The van der Waals surface area contributed by atoms with Gasteiger partial charge in [0.05, 0.1) is 11.4 Å². The van der Waals surface area contributed by atoms with Crippen molar-refractivity contribution in [2.24, 2.45) is 0 Å². The fourth-order valence-electron chi connectivity index (χ4n) is 1.55. The van der Waals surface area contributed by atoms with E-state index in [0.29, 0.717) is 5.95 Å². The van der Waals surface area contributed by atoms with E-state index in [0.717, 1.165) is 17.0 Å². The number of nitrogens with zero attached hydrogens (tertiary/aromatic N) is 4. The lowest BCUT2D eigenvalue weighted by Gasteiger charge is -2.15. The first-order valence-electron chi connectivity index (χ1n) is 4.39. The number of anilines is 2. The molecule has 0 spiro atoms. The molecule has 0 fully saturated rings. The van der Waals surface area contributed by atoms with Gasteiger partial charge in [0, 0.05) is 14.1 Å². The standard InChI is InChI=1S/C9H13N5/c1-6-7(13(2)3)4-5-8-11-9(10)12-14(6)8/h4-5H,1-3H3,(H2,10,12). The van der Waals surface area contributed by atoms with Crippen LogP contribution in [0.5, 0.6) is 0 Å². The number of aryl methyl sites for hydroxylation is 1. The lowest BCUT2D eigenvalue weighted by molar-refractivity contribution is 0.907. The van der Waals surface area contributed by atoms with Crippen molar-refractivity contribution in [3.8, 4) is 0 Å². The Morgan fingerprint density at radius 2 is 2.07 bits per heavy atom. The van der Waals surface area contributed by atoms with Crippen LogP contribution in [0.1, 0.15) is 5.69 Å². The normalized spacial score (nSPS) is 10.8. The molecule has 2 aromatic rings. The Bertz CT molecular complexity index is 471. The minimum Gasteiger partial charge on any atom is -0.376 e. The van der Waals surface area contributed by atoms with Crippen LogP contribution < -0.4 is 10.6 Å². The van der Waals surface area contributed by atoms with Crippen molar-refractivity contribution in [3.63, 3.8) is 0 Å². The molecule has 0 amide bonds. The molecule has 0 aliphatic rings. The number of nitrogens with two attached hydrogens (primary N) is 1. The molecule has 74 valence electrons. The van der Waals surface area contributed by atoms with E-state index in [1.807, 2.05) is 38.1 Å². The van der Waals surface area contributed by atoms with E-state index in [2.05, 4.69) is 10.1 Å². The Balaban J connectivity index is 2.74. The maximum atomic E-state index is 5.53. The fourth-order valence-corrected chi connectivity index (χ4v) is 1.55. The average molecular weight is 191 g/mol. The van der Waals surface area contributed by atoms with Gasteiger partial charge >= 0.3 is 0 Å². The molecule has 0 aliphatic carbocycles. The second-order valence-corrected chi connectivity index (χ2v) is 3.44. The largest absolute Gasteiger partial charge is 0.376 e. The Morgan fingerprint density at radius 3 is 2.71 bits per heavy atom. The second-order valence-electron chi connectivity index (χ2n) is 3.44. The van der Waals surface area contributed by atoms with E-state index in [9.17, 15) is 0 Å². The first-order valence-corrected chi connectivity index (χ1v) is 4.39. The summed E-state index contributed by atoms with van der Waals surface area (Å²) < 4.78 is 1.75. The number of hydrogen-bond donors (Lipinski definition) is 1. The van der Waals surface area contributed by atoms with Gasteiger partial charge in [-0.25, -0.2) is 4.52 Å². The molecular formula is C9H13N5. The van der Waals surface area contributed by atoms with Gasteiger partial charge in [-0.15, -0.1) is 5.10 Å². The van der Waals surface area contributed by atoms with Crippen molar-refractivity contribution in [3.05, 3.63) is 17.8 Å². The van der Waals surface area contributed by atoms with Crippen molar-refractivity contribution in [1.29, 1.82) is 0 Å². The Morgan fingerprint density at radius 1 is 1.36 bits per heavy atom. The lowest BCUT2D eigenvalue weighted by atomic mass is 10.3. The molecule has 0 bridgehead atoms. The molecular weight excluding hydrogens is 178 g/mol. The lowest BCUT2D eigenvalue weighted by Crippen LogP contribution is -2.12. The summed E-state index contributed by atoms with van der Waals surface area (Å²) in [6, 6.07) is 3.92. The van der Waals surface area contributed by atoms with Crippen LogP contribution in [0.25, 0.3) is 5.65 Å². The number of nitrogen functional groups attached to an aromatic ring is 1. The quantitative estimate of drug-likeness (QED) is 0.720. The van der Waals surface area contributed by atoms with Crippen molar-refractivity contribution in [2.45, 2.75) is 6.92 Å². The van der Waals surface area contributed by atoms with Gasteiger partial charge in [0.15, 0.2) is 5.65 Å². The van der Waals surface area contributed by atoms with Crippen LogP contribution >= 0.6 is 0 Å². The van der Waals surface area contributed by atoms with Crippen molar-refractivity contribution in [2.75, 3.05) is 24.7 Å². The van der Waals surface area contributed by atoms with E-state index in [1.54, 1.807) is 4.52 Å². The summed E-state index contributed by atoms with van der Waals surface area (Å²) in [5, 5.41) is 4.11. The third kappa shape index (κ3) is 1.17. The van der Waals surface area contributed by atoms with Gasteiger partial charge in [0.2, 0.25) is 5.95 Å². The zero-order valence-electron chi connectivity index (χ0n) is 8.52. The highest BCUT2D eigenvalue weighted by Gasteiger charge is 2.07. The highest BCUT2D eigenvalue weighted by atomic mass is 15.3. The Labute approximate surface area is 82.2 Å². The third-order valence-corrected chi connectivity index (χ3v) is 2.21. The molecule has 0 aliphatic heterocycles. The maximum Gasteiger partial charge on any atom is 0.240 e. The SMILES string of the molecule is Cc1c(N(C)C)ccc2nc(N)nn12. The summed E-state index contributed by atoms with van der Waals surface area (Å²) >= 11 is 0. The van der Waals surface area contributed by atoms with Crippen molar-refractivity contribution >= 4 is 17.3 Å². The van der Waals surface area contributed by atoms with Crippen LogP contribution in [0.3, 0.4) is 0 Å². The monoisotopic (exact) mass is 191 g/mol. The molecule has 5 nitrogen and oxygen atoms in total. The van der Waals surface area contributed by atoms with E-state index < -0.39 is 0 Å². The molecule has 0 radical (unpaired) electrons. The van der Waals surface area contributed by atoms with Gasteiger partial charge in [0.1, 0.15) is 0 Å². The van der Waals surface area contributed by atoms with Gasteiger partial charge in [0.25, 0.3) is 0 Å². The zero-order valence-corrected chi connectivity index (χ0v) is 8.52. The number of aromatic nitrogens is 3. The predicted molar refractivity (Wildman–Crippen MR) is 56.5 cm³/mol. The average Bonchev–Trinajstić information content (AvgIpc) is 2.46. The molecule has 0 saturated heterocycles. The number of pyridine rings is 1. The van der Waals surface area contributed by atoms with E-state index in [4.69, 9.17) is 5.73 Å². The zero-order chi connectivity index (χ0) is 10.3. The minimum absolute atomic E-state index is 0.309. The summed E-state index contributed by atoms with van der Waals surface area (Å²) in [5.41, 5.74) is 8.46. The van der Waals surface area contributed by atoms with Crippen LogP contribution in [0.2, 0.25) is 0 Å². The van der Waals surface area contributed by atoms with Gasteiger partial charge in [-0.1, -0.05) is 0 Å². The fraction of sp³-hybridized carbons (Fsp3) is 0.333. The van der Waals surface area contributed by atoms with Gasteiger partial charge < -0.3 is 10.6 Å². The molecule has 0 atom stereocenters. The third-order valence-electron chi connectivity index (χ3n) is 2.21. The number of hydrogen-bond acceptors (Lipinski definition) is 4. The summed E-state index contributed by atoms with van der Waals surface area (Å²) in [5.74, 6) is 0.309. The molecule has 2 N–H and O–H groups in total. The summed E-state index contributed by atoms with van der Waals surface area (Å²) in [4.78, 5) is 6.12. The van der Waals surface area contributed by atoms with E-state index >= 15 is 0 Å². The molecule has 0 unspecified atom stereocenters. The van der Waals surface area contributed by atoms with Crippen molar-refractivity contribution < 1.29 is 0 Å². The maximum absolute atomic E-state index is 5.53. The van der Waals surface area contributed by atoms with Crippen LogP contribution in [0.4, 0.5) is 11.6 Å². The van der Waals surface area contributed by atoms with E-state index in [1.165, 1.54) is 0 Å². The second kappa shape index (κ2) is 2.87.